The van der Waals surface area contributed by atoms with E-state index < -0.39 is 11.5 Å². The monoisotopic (exact) mass is 210 g/mol. The van der Waals surface area contributed by atoms with Crippen LogP contribution < -0.4 is 5.73 Å². The molecule has 0 bridgehead atoms. The summed E-state index contributed by atoms with van der Waals surface area (Å²) in [6.45, 7) is 0. The van der Waals surface area contributed by atoms with Gasteiger partial charge >= 0.3 is 0 Å². The van der Waals surface area contributed by atoms with Gasteiger partial charge < -0.3 is 5.73 Å². The van der Waals surface area contributed by atoms with Gasteiger partial charge in [0.15, 0.2) is 5.65 Å². The largest absolute Gasteiger partial charge is 0.315 e. The van der Waals surface area contributed by atoms with Gasteiger partial charge in [0.1, 0.15) is 5.54 Å². The second-order valence-electron chi connectivity index (χ2n) is 3.80. The number of hydrogen-bond donors (Lipinski definition) is 1. The Morgan fingerprint density at radius 1 is 1.47 bits per heavy atom. The van der Waals surface area contributed by atoms with Crippen molar-refractivity contribution in [1.82, 2.24) is 14.6 Å². The van der Waals surface area contributed by atoms with Crippen LogP contribution in [0.3, 0.4) is 0 Å². The molecule has 1 aliphatic rings. The summed E-state index contributed by atoms with van der Waals surface area (Å²) in [5, 5.41) is 3.99. The highest BCUT2D eigenvalue weighted by atomic mass is 19.3. The third-order valence-corrected chi connectivity index (χ3v) is 2.72. The quantitative estimate of drug-likeness (QED) is 0.761. The Hall–Kier alpha value is -1.56. The van der Waals surface area contributed by atoms with Crippen molar-refractivity contribution >= 4 is 5.65 Å². The van der Waals surface area contributed by atoms with E-state index in [1.165, 1.54) is 10.6 Å². The summed E-state index contributed by atoms with van der Waals surface area (Å²) in [7, 11) is 0. The molecule has 4 nitrogen and oxygen atoms in total. The normalized spacial score (nSPS) is 28.2. The molecule has 2 heterocycles. The molecule has 0 aliphatic heterocycles. The smallest absolute Gasteiger partial charge is 0.274 e. The van der Waals surface area contributed by atoms with Gasteiger partial charge in [-0.3, -0.25) is 0 Å². The molecule has 3 rings (SSSR count). The zero-order valence-corrected chi connectivity index (χ0v) is 7.69. The standard InChI is InChI=1S/C9H8F2N4/c10-9(11)5-8(9,12)6-4-7-13-2-1-3-15(7)14-6/h1-4H,5,12H2. The Balaban J connectivity index is 2.14. The summed E-state index contributed by atoms with van der Waals surface area (Å²) in [4.78, 5) is 3.99. The number of nitrogens with zero attached hydrogens (tertiary/aromatic N) is 3. The third-order valence-electron chi connectivity index (χ3n) is 2.72. The first kappa shape index (κ1) is 8.72. The summed E-state index contributed by atoms with van der Waals surface area (Å²) in [6.07, 6.45) is 2.88. The molecule has 0 amide bonds. The SMILES string of the molecule is NC1(c2cc3ncccn3n2)CC1(F)F. The number of nitrogens with two attached hydrogens (primary N) is 1. The molecule has 1 aliphatic carbocycles. The van der Waals surface area contributed by atoms with Gasteiger partial charge in [0.25, 0.3) is 5.92 Å². The van der Waals surface area contributed by atoms with Crippen molar-refractivity contribution in [2.75, 3.05) is 0 Å². The fourth-order valence-corrected chi connectivity index (χ4v) is 1.63. The number of fused-ring (bicyclic) bond motifs is 1. The van der Waals surface area contributed by atoms with Crippen molar-refractivity contribution in [3.8, 4) is 0 Å². The van der Waals surface area contributed by atoms with Gasteiger partial charge in [-0.25, -0.2) is 18.3 Å². The summed E-state index contributed by atoms with van der Waals surface area (Å²) in [6, 6.07) is 3.18. The van der Waals surface area contributed by atoms with Crippen LogP contribution in [0.1, 0.15) is 12.1 Å². The van der Waals surface area contributed by atoms with E-state index in [-0.39, 0.29) is 12.1 Å². The van der Waals surface area contributed by atoms with E-state index in [9.17, 15) is 8.78 Å². The molecule has 1 unspecified atom stereocenters. The molecule has 0 aromatic carbocycles. The van der Waals surface area contributed by atoms with Crippen molar-refractivity contribution in [1.29, 1.82) is 0 Å². The lowest BCUT2D eigenvalue weighted by Gasteiger charge is -2.04. The topological polar surface area (TPSA) is 56.2 Å². The van der Waals surface area contributed by atoms with Gasteiger partial charge in [0.2, 0.25) is 0 Å². The van der Waals surface area contributed by atoms with Crippen LogP contribution in [0.2, 0.25) is 0 Å². The first-order valence-corrected chi connectivity index (χ1v) is 4.50. The Morgan fingerprint density at radius 2 is 2.20 bits per heavy atom. The maximum Gasteiger partial charge on any atom is 0.274 e. The molecule has 1 fully saturated rings. The van der Waals surface area contributed by atoms with E-state index in [0.29, 0.717) is 5.65 Å². The van der Waals surface area contributed by atoms with Gasteiger partial charge in [-0.05, 0) is 6.07 Å². The molecule has 0 radical (unpaired) electrons. The summed E-state index contributed by atoms with van der Waals surface area (Å²) in [5.41, 5.74) is 4.69. The van der Waals surface area contributed by atoms with Crippen LogP contribution in [0.15, 0.2) is 24.5 Å². The Bertz CT molecular complexity index is 503. The van der Waals surface area contributed by atoms with E-state index in [1.807, 2.05) is 0 Å². The molecule has 15 heavy (non-hydrogen) atoms. The molecule has 2 aromatic heterocycles. The second-order valence-corrected chi connectivity index (χ2v) is 3.80. The molecular formula is C9H8F2N4. The van der Waals surface area contributed by atoms with E-state index in [4.69, 9.17) is 5.73 Å². The summed E-state index contributed by atoms with van der Waals surface area (Å²) >= 11 is 0. The lowest BCUT2D eigenvalue weighted by Crippen LogP contribution is -2.27. The minimum absolute atomic E-state index is 0.200. The van der Waals surface area contributed by atoms with Crippen molar-refractivity contribution in [3.63, 3.8) is 0 Å². The lowest BCUT2D eigenvalue weighted by atomic mass is 10.2. The van der Waals surface area contributed by atoms with Crippen LogP contribution in [-0.4, -0.2) is 20.5 Å². The van der Waals surface area contributed by atoms with E-state index in [1.54, 1.807) is 18.5 Å². The molecule has 0 spiro atoms. The predicted octanol–water partition coefficient (Wildman–Crippen LogP) is 0.922. The van der Waals surface area contributed by atoms with E-state index >= 15 is 0 Å². The van der Waals surface area contributed by atoms with Gasteiger partial charge in [-0.2, -0.15) is 5.10 Å². The van der Waals surface area contributed by atoms with Crippen molar-refractivity contribution in [2.24, 2.45) is 5.73 Å². The van der Waals surface area contributed by atoms with Crippen LogP contribution in [-0.2, 0) is 5.54 Å². The highest BCUT2D eigenvalue weighted by molar-refractivity contribution is 5.44. The Labute approximate surface area is 83.7 Å². The second kappa shape index (κ2) is 2.33. The van der Waals surface area contributed by atoms with Crippen LogP contribution in [0.4, 0.5) is 8.78 Å². The average molecular weight is 210 g/mol. The first-order chi connectivity index (χ1) is 7.03. The summed E-state index contributed by atoms with van der Waals surface area (Å²) < 4.78 is 27.4. The molecule has 78 valence electrons. The molecule has 0 saturated heterocycles. The molecule has 2 aromatic rings. The van der Waals surface area contributed by atoms with E-state index in [0.717, 1.165) is 0 Å². The lowest BCUT2D eigenvalue weighted by molar-refractivity contribution is 0.0880. The number of aromatic nitrogens is 3. The zero-order valence-electron chi connectivity index (χ0n) is 7.69. The van der Waals surface area contributed by atoms with Crippen LogP contribution >= 0.6 is 0 Å². The fraction of sp³-hybridized carbons (Fsp3) is 0.333. The maximum absolute atomic E-state index is 13.0. The third kappa shape index (κ3) is 1.02. The summed E-state index contributed by atoms with van der Waals surface area (Å²) in [5.74, 6) is -2.84. The van der Waals surface area contributed by atoms with Crippen LogP contribution in [0.5, 0.6) is 0 Å². The molecule has 1 atom stereocenters. The number of hydrogen-bond acceptors (Lipinski definition) is 3. The van der Waals surface area contributed by atoms with E-state index in [2.05, 4.69) is 10.1 Å². The minimum Gasteiger partial charge on any atom is -0.315 e. The van der Waals surface area contributed by atoms with Crippen molar-refractivity contribution < 1.29 is 8.78 Å². The van der Waals surface area contributed by atoms with Gasteiger partial charge in [-0.1, -0.05) is 0 Å². The molecule has 2 N–H and O–H groups in total. The first-order valence-electron chi connectivity index (χ1n) is 4.50. The fourth-order valence-electron chi connectivity index (χ4n) is 1.63. The molecular weight excluding hydrogens is 202 g/mol. The highest BCUT2D eigenvalue weighted by Gasteiger charge is 2.71. The Morgan fingerprint density at radius 3 is 2.80 bits per heavy atom. The maximum atomic E-state index is 13.0. The Kier molecular flexibility index (Phi) is 1.35. The molecule has 6 heteroatoms. The van der Waals surface area contributed by atoms with Gasteiger partial charge in [-0.15, -0.1) is 0 Å². The van der Waals surface area contributed by atoms with Crippen LogP contribution in [0.25, 0.3) is 5.65 Å². The zero-order chi connectivity index (χ0) is 10.7. The van der Waals surface area contributed by atoms with Crippen molar-refractivity contribution in [2.45, 2.75) is 17.9 Å². The predicted molar refractivity (Wildman–Crippen MR) is 48.4 cm³/mol. The number of rotatable bonds is 1. The highest BCUT2D eigenvalue weighted by Crippen LogP contribution is 2.57. The van der Waals surface area contributed by atoms with Crippen LogP contribution in [0, 0.1) is 0 Å². The van der Waals surface area contributed by atoms with Crippen molar-refractivity contribution in [3.05, 3.63) is 30.2 Å². The minimum atomic E-state index is -2.84. The molecule has 1 saturated carbocycles. The van der Waals surface area contributed by atoms with Gasteiger partial charge in [0, 0.05) is 24.9 Å². The number of alkyl halides is 2. The van der Waals surface area contributed by atoms with Gasteiger partial charge in [0.05, 0.1) is 5.69 Å². The number of halogens is 2. The average Bonchev–Trinajstić information content (AvgIpc) is 2.61.